The van der Waals surface area contributed by atoms with Crippen molar-refractivity contribution in [2.75, 3.05) is 13.2 Å². The van der Waals surface area contributed by atoms with Crippen LogP contribution in [0.2, 0.25) is 0 Å². The van der Waals surface area contributed by atoms with E-state index >= 15 is 0 Å². The Balaban J connectivity index is 2.46. The van der Waals surface area contributed by atoms with Crippen LogP contribution in [0.25, 0.3) is 10.9 Å². The number of hydrogen-bond donors (Lipinski definition) is 2. The summed E-state index contributed by atoms with van der Waals surface area (Å²) in [5.41, 5.74) is 3.33. The first-order chi connectivity index (χ1) is 9.93. The van der Waals surface area contributed by atoms with Crippen molar-refractivity contribution in [2.24, 2.45) is 0 Å². The first-order valence-electron chi connectivity index (χ1n) is 6.92. The van der Waals surface area contributed by atoms with Crippen LogP contribution in [0.15, 0.2) is 23.0 Å². The van der Waals surface area contributed by atoms with E-state index in [0.717, 1.165) is 22.0 Å². The fourth-order valence-electron chi connectivity index (χ4n) is 2.36. The zero-order chi connectivity index (χ0) is 15.6. The van der Waals surface area contributed by atoms with E-state index in [2.05, 4.69) is 4.98 Å². The normalized spacial score (nSPS) is 10.9. The smallest absolute Gasteiger partial charge is 0.253 e. The van der Waals surface area contributed by atoms with Crippen LogP contribution in [-0.2, 0) is 11.3 Å². The first-order valence-corrected chi connectivity index (χ1v) is 6.92. The molecule has 5 nitrogen and oxygen atoms in total. The van der Waals surface area contributed by atoms with Gasteiger partial charge in [0, 0.05) is 19.0 Å². The van der Waals surface area contributed by atoms with Crippen LogP contribution < -0.4 is 5.56 Å². The molecule has 1 aromatic heterocycles. The molecule has 21 heavy (non-hydrogen) atoms. The lowest BCUT2D eigenvalue weighted by Crippen LogP contribution is -2.33. The maximum absolute atomic E-state index is 12.2. The number of aliphatic hydroxyl groups excluding tert-OH is 1. The zero-order valence-electron chi connectivity index (χ0n) is 12.6. The molecule has 0 bridgehead atoms. The van der Waals surface area contributed by atoms with E-state index in [1.54, 1.807) is 0 Å². The second-order valence-corrected chi connectivity index (χ2v) is 5.26. The summed E-state index contributed by atoms with van der Waals surface area (Å²) in [6.45, 7) is 5.70. The van der Waals surface area contributed by atoms with Gasteiger partial charge in [-0.05, 0) is 36.4 Å². The van der Waals surface area contributed by atoms with E-state index in [1.807, 2.05) is 32.0 Å². The second kappa shape index (κ2) is 6.10. The molecule has 0 atom stereocenters. The Kier molecular flexibility index (Phi) is 4.43. The third-order valence-electron chi connectivity index (χ3n) is 3.80. The molecule has 0 saturated heterocycles. The number of fused-ring (bicyclic) bond motifs is 1. The molecule has 0 aliphatic carbocycles. The van der Waals surface area contributed by atoms with E-state index in [9.17, 15) is 9.59 Å². The molecule has 0 radical (unpaired) electrons. The van der Waals surface area contributed by atoms with E-state index in [0.29, 0.717) is 5.56 Å². The summed E-state index contributed by atoms with van der Waals surface area (Å²) in [6, 6.07) is 5.78. The van der Waals surface area contributed by atoms with Gasteiger partial charge in [-0.15, -0.1) is 0 Å². The van der Waals surface area contributed by atoms with Gasteiger partial charge < -0.3 is 15.0 Å². The molecule has 0 aliphatic heterocycles. The number of pyridine rings is 1. The van der Waals surface area contributed by atoms with Crippen LogP contribution in [0.4, 0.5) is 0 Å². The topological polar surface area (TPSA) is 73.4 Å². The Labute approximate surface area is 123 Å². The summed E-state index contributed by atoms with van der Waals surface area (Å²) < 4.78 is 0. The average Bonchev–Trinajstić information content (AvgIpc) is 2.44. The van der Waals surface area contributed by atoms with Gasteiger partial charge in [-0.3, -0.25) is 9.59 Å². The van der Waals surface area contributed by atoms with Crippen molar-refractivity contribution in [3.63, 3.8) is 0 Å². The summed E-state index contributed by atoms with van der Waals surface area (Å²) in [5.74, 6) is -0.163. The van der Waals surface area contributed by atoms with Gasteiger partial charge in [0.2, 0.25) is 5.91 Å². The lowest BCUT2D eigenvalue weighted by atomic mass is 10.0. The Morgan fingerprint density at radius 3 is 2.67 bits per heavy atom. The second-order valence-electron chi connectivity index (χ2n) is 5.26. The monoisotopic (exact) mass is 288 g/mol. The summed E-state index contributed by atoms with van der Waals surface area (Å²) >= 11 is 0. The van der Waals surface area contributed by atoms with Crippen molar-refractivity contribution in [1.29, 1.82) is 0 Å². The first kappa shape index (κ1) is 15.3. The number of H-pyrrole nitrogens is 1. The molecule has 112 valence electrons. The molecule has 1 amide bonds. The highest BCUT2D eigenvalue weighted by molar-refractivity contribution is 5.83. The maximum Gasteiger partial charge on any atom is 0.253 e. The molecule has 5 heteroatoms. The zero-order valence-corrected chi connectivity index (χ0v) is 12.6. The number of amides is 1. The number of aryl methyl sites for hydroxylation is 2. The van der Waals surface area contributed by atoms with Crippen molar-refractivity contribution in [2.45, 2.75) is 27.3 Å². The Morgan fingerprint density at radius 2 is 2.05 bits per heavy atom. The molecule has 2 aromatic rings. The predicted octanol–water partition coefficient (Wildman–Crippen LogP) is 1.49. The highest BCUT2D eigenvalue weighted by Gasteiger charge is 2.12. The van der Waals surface area contributed by atoms with Crippen LogP contribution >= 0.6 is 0 Å². The third kappa shape index (κ3) is 3.13. The Bertz CT molecular complexity index is 734. The lowest BCUT2D eigenvalue weighted by molar-refractivity contribution is -0.129. The third-order valence-corrected chi connectivity index (χ3v) is 3.80. The summed E-state index contributed by atoms with van der Waals surface area (Å²) in [4.78, 5) is 28.1. The number of aromatic nitrogens is 1. The molecule has 0 saturated carbocycles. The maximum atomic E-state index is 12.2. The van der Waals surface area contributed by atoms with Crippen LogP contribution in [0.3, 0.4) is 0 Å². The van der Waals surface area contributed by atoms with Crippen molar-refractivity contribution in [3.8, 4) is 0 Å². The number of nitrogens with one attached hydrogen (secondary N) is 1. The quantitative estimate of drug-likeness (QED) is 0.895. The molecule has 2 N–H and O–H groups in total. The Hall–Kier alpha value is -2.14. The summed E-state index contributed by atoms with van der Waals surface area (Å²) in [6.07, 6.45) is 0. The number of aliphatic hydroxyl groups is 1. The molecular formula is C16H20N2O3. The van der Waals surface area contributed by atoms with Crippen LogP contribution in [-0.4, -0.2) is 34.0 Å². The number of hydrogen-bond acceptors (Lipinski definition) is 3. The standard InChI is InChI=1S/C16H20N2O3/c1-10-4-5-13-8-14(9-18(6-7-19)12(3)20)16(21)17-15(13)11(10)2/h4-5,8,19H,6-7,9H2,1-3H3,(H,17,21). The van der Waals surface area contributed by atoms with Gasteiger partial charge in [0.1, 0.15) is 0 Å². The molecule has 0 fully saturated rings. The SMILES string of the molecule is CC(=O)N(CCO)Cc1cc2ccc(C)c(C)c2[nH]c1=O. The molecule has 0 spiro atoms. The number of aromatic amines is 1. The lowest BCUT2D eigenvalue weighted by Gasteiger charge is -2.19. The fraction of sp³-hybridized carbons (Fsp3) is 0.375. The summed E-state index contributed by atoms with van der Waals surface area (Å²) in [7, 11) is 0. The minimum Gasteiger partial charge on any atom is -0.395 e. The van der Waals surface area contributed by atoms with Gasteiger partial charge in [0.05, 0.1) is 18.7 Å². The minimum atomic E-state index is -0.194. The molecular weight excluding hydrogens is 268 g/mol. The van der Waals surface area contributed by atoms with Crippen molar-refractivity contribution in [1.82, 2.24) is 9.88 Å². The number of benzene rings is 1. The van der Waals surface area contributed by atoms with Crippen molar-refractivity contribution < 1.29 is 9.90 Å². The fourth-order valence-corrected chi connectivity index (χ4v) is 2.36. The number of carbonyl (C=O) groups is 1. The highest BCUT2D eigenvalue weighted by Crippen LogP contribution is 2.19. The largest absolute Gasteiger partial charge is 0.395 e. The van der Waals surface area contributed by atoms with E-state index in [4.69, 9.17) is 5.11 Å². The van der Waals surface area contributed by atoms with E-state index in [1.165, 1.54) is 11.8 Å². The number of nitrogens with zero attached hydrogens (tertiary/aromatic N) is 1. The Morgan fingerprint density at radius 1 is 1.33 bits per heavy atom. The van der Waals surface area contributed by atoms with Crippen LogP contribution in [0.5, 0.6) is 0 Å². The van der Waals surface area contributed by atoms with Gasteiger partial charge in [-0.2, -0.15) is 0 Å². The van der Waals surface area contributed by atoms with Crippen LogP contribution in [0.1, 0.15) is 23.6 Å². The van der Waals surface area contributed by atoms with E-state index < -0.39 is 0 Å². The van der Waals surface area contributed by atoms with Gasteiger partial charge in [0.15, 0.2) is 0 Å². The van der Waals surface area contributed by atoms with Gasteiger partial charge in [-0.25, -0.2) is 0 Å². The van der Waals surface area contributed by atoms with Crippen molar-refractivity contribution in [3.05, 3.63) is 45.2 Å². The minimum absolute atomic E-state index is 0.122. The molecule has 0 unspecified atom stereocenters. The predicted molar refractivity (Wildman–Crippen MR) is 82.2 cm³/mol. The average molecular weight is 288 g/mol. The van der Waals surface area contributed by atoms with Gasteiger partial charge in [0.25, 0.3) is 5.56 Å². The number of carbonyl (C=O) groups excluding carboxylic acids is 1. The summed E-state index contributed by atoms with van der Waals surface area (Å²) in [5, 5.41) is 9.94. The molecule has 0 aliphatic rings. The molecule has 2 rings (SSSR count). The highest BCUT2D eigenvalue weighted by atomic mass is 16.3. The van der Waals surface area contributed by atoms with Crippen LogP contribution in [0, 0.1) is 13.8 Å². The molecule has 1 heterocycles. The van der Waals surface area contributed by atoms with Gasteiger partial charge in [-0.1, -0.05) is 12.1 Å². The number of rotatable bonds is 4. The van der Waals surface area contributed by atoms with Gasteiger partial charge >= 0.3 is 0 Å². The van der Waals surface area contributed by atoms with E-state index in [-0.39, 0.29) is 31.2 Å². The molecule has 1 aromatic carbocycles. The van der Waals surface area contributed by atoms with Crippen molar-refractivity contribution >= 4 is 16.8 Å².